The van der Waals surface area contributed by atoms with Crippen LogP contribution in [0.2, 0.25) is 0 Å². The van der Waals surface area contributed by atoms with Crippen molar-refractivity contribution in [2.24, 2.45) is 0 Å². The lowest BCUT2D eigenvalue weighted by atomic mass is 9.83. The lowest BCUT2D eigenvalue weighted by Gasteiger charge is -2.47. The largest absolute Gasteiger partial charge is 0.493 e. The van der Waals surface area contributed by atoms with E-state index in [1.807, 2.05) is 32.9 Å². The number of aliphatic hydroxyl groups is 1. The number of nitrogens with zero attached hydrogens (tertiary/aromatic N) is 1. The summed E-state index contributed by atoms with van der Waals surface area (Å²) in [6, 6.07) is 4.17. The molecule has 1 aromatic carbocycles. The van der Waals surface area contributed by atoms with Crippen LogP contribution >= 0.6 is 0 Å². The zero-order valence-electron chi connectivity index (χ0n) is 18.0. The predicted molar refractivity (Wildman–Crippen MR) is 109 cm³/mol. The minimum Gasteiger partial charge on any atom is -0.493 e. The minimum atomic E-state index is -1.19. The standard InChI is InChI=1S/C23H34FNO4/c1-22(2,3)29-21-13-25-9-6-15-10-20(28-14-23(24)7-5-8-23)19(27-4)11-16(15)17(25)12-18(21)26/h10-11,17-18,21,26H,5-9,12-14H2,1-4H3. The fourth-order valence-electron chi connectivity index (χ4n) is 4.74. The molecule has 1 saturated heterocycles. The number of fused-ring (bicyclic) bond motifs is 3. The SMILES string of the molecule is COc1cc2c(cc1OCC1(F)CCC1)CCN1CC(OC(C)(C)C)C(O)CC21. The van der Waals surface area contributed by atoms with Crippen LogP contribution in [0.15, 0.2) is 12.1 Å². The van der Waals surface area contributed by atoms with Gasteiger partial charge in [0, 0.05) is 19.1 Å². The van der Waals surface area contributed by atoms with E-state index in [2.05, 4.69) is 4.90 Å². The van der Waals surface area contributed by atoms with Crippen LogP contribution < -0.4 is 9.47 Å². The van der Waals surface area contributed by atoms with Gasteiger partial charge >= 0.3 is 0 Å². The van der Waals surface area contributed by atoms with E-state index in [4.69, 9.17) is 14.2 Å². The van der Waals surface area contributed by atoms with Gasteiger partial charge in [0.05, 0.1) is 24.9 Å². The Balaban J connectivity index is 1.52. The summed E-state index contributed by atoms with van der Waals surface area (Å²) in [5.74, 6) is 1.25. The number of piperidine rings is 1. The van der Waals surface area contributed by atoms with Gasteiger partial charge in [-0.2, -0.15) is 0 Å². The molecule has 0 spiro atoms. The molecule has 4 rings (SSSR count). The molecule has 5 nitrogen and oxygen atoms in total. The summed E-state index contributed by atoms with van der Waals surface area (Å²) in [5.41, 5.74) is 0.904. The first kappa shape index (κ1) is 20.9. The summed E-state index contributed by atoms with van der Waals surface area (Å²) in [6.07, 6.45) is 2.92. The highest BCUT2D eigenvalue weighted by Gasteiger charge is 2.41. The molecule has 0 amide bonds. The van der Waals surface area contributed by atoms with Gasteiger partial charge in [-0.3, -0.25) is 4.90 Å². The average molecular weight is 408 g/mol. The average Bonchev–Trinajstić information content (AvgIpc) is 2.63. The monoisotopic (exact) mass is 407 g/mol. The molecule has 3 atom stereocenters. The third kappa shape index (κ3) is 4.39. The van der Waals surface area contributed by atoms with Crippen molar-refractivity contribution < 1.29 is 23.7 Å². The minimum absolute atomic E-state index is 0.0856. The Morgan fingerprint density at radius 3 is 2.62 bits per heavy atom. The number of aliphatic hydroxyl groups excluding tert-OH is 1. The maximum absolute atomic E-state index is 14.4. The predicted octanol–water partition coefficient (Wildman–Crippen LogP) is 3.81. The van der Waals surface area contributed by atoms with E-state index in [9.17, 15) is 9.50 Å². The molecule has 3 unspecified atom stereocenters. The van der Waals surface area contributed by atoms with E-state index >= 15 is 0 Å². The van der Waals surface area contributed by atoms with Crippen LogP contribution in [0.1, 0.15) is 63.6 Å². The number of rotatable bonds is 5. The van der Waals surface area contributed by atoms with Crippen LogP contribution in [0.25, 0.3) is 0 Å². The molecule has 6 heteroatoms. The number of hydrogen-bond donors (Lipinski definition) is 1. The van der Waals surface area contributed by atoms with Gasteiger partial charge in [-0.15, -0.1) is 0 Å². The Kier molecular flexibility index (Phi) is 5.55. The molecule has 1 aliphatic carbocycles. The lowest BCUT2D eigenvalue weighted by Crippen LogP contribution is -2.53. The van der Waals surface area contributed by atoms with Crippen molar-refractivity contribution in [1.29, 1.82) is 0 Å². The van der Waals surface area contributed by atoms with Gasteiger partial charge in [0.15, 0.2) is 11.5 Å². The van der Waals surface area contributed by atoms with Crippen LogP contribution in [0.5, 0.6) is 11.5 Å². The highest BCUT2D eigenvalue weighted by Crippen LogP contribution is 2.43. The quantitative estimate of drug-likeness (QED) is 0.804. The second-order valence-electron chi connectivity index (χ2n) is 9.83. The first-order valence-corrected chi connectivity index (χ1v) is 10.8. The molecule has 0 aromatic heterocycles. The van der Waals surface area contributed by atoms with Crippen molar-refractivity contribution in [2.45, 2.75) is 82.4 Å². The highest BCUT2D eigenvalue weighted by atomic mass is 19.1. The molecule has 0 bridgehead atoms. The summed E-state index contributed by atoms with van der Waals surface area (Å²) in [6.45, 7) is 7.78. The highest BCUT2D eigenvalue weighted by molar-refractivity contribution is 5.49. The smallest absolute Gasteiger partial charge is 0.161 e. The van der Waals surface area contributed by atoms with E-state index in [-0.39, 0.29) is 24.4 Å². The zero-order chi connectivity index (χ0) is 20.8. The summed E-state index contributed by atoms with van der Waals surface area (Å²) in [7, 11) is 1.62. The maximum Gasteiger partial charge on any atom is 0.161 e. The van der Waals surface area contributed by atoms with Crippen molar-refractivity contribution in [1.82, 2.24) is 4.90 Å². The molecule has 29 heavy (non-hydrogen) atoms. The fraction of sp³-hybridized carbons (Fsp3) is 0.739. The molecule has 0 radical (unpaired) electrons. The second kappa shape index (κ2) is 7.71. The van der Waals surface area contributed by atoms with Gasteiger partial charge in [0.1, 0.15) is 12.3 Å². The normalized spacial score (nSPS) is 28.8. The van der Waals surface area contributed by atoms with Crippen molar-refractivity contribution in [3.05, 3.63) is 23.3 Å². The van der Waals surface area contributed by atoms with Gasteiger partial charge in [0.25, 0.3) is 0 Å². The van der Waals surface area contributed by atoms with Gasteiger partial charge in [-0.1, -0.05) is 0 Å². The van der Waals surface area contributed by atoms with Crippen molar-refractivity contribution >= 4 is 0 Å². The number of halogens is 1. The number of hydrogen-bond acceptors (Lipinski definition) is 5. The third-order valence-electron chi connectivity index (χ3n) is 6.44. The number of ether oxygens (including phenoxy) is 3. The molecule has 1 N–H and O–H groups in total. The van der Waals surface area contributed by atoms with Gasteiger partial charge in [-0.25, -0.2) is 4.39 Å². The lowest BCUT2D eigenvalue weighted by molar-refractivity contribution is -0.149. The maximum atomic E-state index is 14.4. The molecule has 1 saturated carbocycles. The van der Waals surface area contributed by atoms with Crippen LogP contribution in [0, 0.1) is 0 Å². The summed E-state index contributed by atoms with van der Waals surface area (Å²) >= 11 is 0. The Morgan fingerprint density at radius 1 is 1.24 bits per heavy atom. The van der Waals surface area contributed by atoms with Crippen molar-refractivity contribution in [3.8, 4) is 11.5 Å². The van der Waals surface area contributed by atoms with E-state index in [1.54, 1.807) is 7.11 Å². The Morgan fingerprint density at radius 2 is 2.00 bits per heavy atom. The Labute approximate surface area is 173 Å². The van der Waals surface area contributed by atoms with Crippen LogP contribution in [-0.4, -0.2) is 60.3 Å². The summed E-state index contributed by atoms with van der Waals surface area (Å²) in [5, 5.41) is 10.7. The first-order valence-electron chi connectivity index (χ1n) is 10.8. The number of methoxy groups -OCH3 is 1. The van der Waals surface area contributed by atoms with Crippen molar-refractivity contribution in [3.63, 3.8) is 0 Å². The van der Waals surface area contributed by atoms with E-state index in [0.717, 1.165) is 19.4 Å². The summed E-state index contributed by atoms with van der Waals surface area (Å²) < 4.78 is 31.9. The Hall–Kier alpha value is -1.37. The van der Waals surface area contributed by atoms with E-state index < -0.39 is 11.8 Å². The van der Waals surface area contributed by atoms with Gasteiger partial charge in [-0.05, 0) is 76.1 Å². The van der Waals surface area contributed by atoms with Crippen LogP contribution in [0.4, 0.5) is 4.39 Å². The van der Waals surface area contributed by atoms with Crippen LogP contribution in [-0.2, 0) is 11.2 Å². The molecule has 1 aromatic rings. The first-order chi connectivity index (χ1) is 13.7. The Bertz CT molecular complexity index is 743. The second-order valence-corrected chi connectivity index (χ2v) is 9.83. The molecular formula is C23H34FNO4. The third-order valence-corrected chi connectivity index (χ3v) is 6.44. The molecule has 2 fully saturated rings. The number of benzene rings is 1. The van der Waals surface area contributed by atoms with E-state index in [0.29, 0.717) is 37.3 Å². The molecule has 2 aliphatic heterocycles. The zero-order valence-corrected chi connectivity index (χ0v) is 18.0. The molecule has 2 heterocycles. The number of alkyl halides is 1. The topological polar surface area (TPSA) is 51.2 Å². The van der Waals surface area contributed by atoms with Gasteiger partial charge in [0.2, 0.25) is 0 Å². The molecule has 3 aliphatic rings. The molecule has 162 valence electrons. The van der Waals surface area contributed by atoms with E-state index in [1.165, 1.54) is 11.1 Å². The van der Waals surface area contributed by atoms with Crippen LogP contribution in [0.3, 0.4) is 0 Å². The molecular weight excluding hydrogens is 373 g/mol. The summed E-state index contributed by atoms with van der Waals surface area (Å²) in [4.78, 5) is 2.40. The van der Waals surface area contributed by atoms with Gasteiger partial charge < -0.3 is 19.3 Å². The fourth-order valence-corrected chi connectivity index (χ4v) is 4.74. The van der Waals surface area contributed by atoms with Crippen molar-refractivity contribution in [2.75, 3.05) is 26.8 Å².